The maximum absolute atomic E-state index is 13.8. The summed E-state index contributed by atoms with van der Waals surface area (Å²) in [5.41, 5.74) is -0.431. The summed E-state index contributed by atoms with van der Waals surface area (Å²) in [6.07, 6.45) is 6.40. The Morgan fingerprint density at radius 3 is 2.27 bits per heavy atom. The summed E-state index contributed by atoms with van der Waals surface area (Å²) < 4.78 is 26.5. The molecular formula is C26H44N4O6S. The smallest absolute Gasteiger partial charge is 0.256 e. The van der Waals surface area contributed by atoms with Gasteiger partial charge in [0.1, 0.15) is 18.3 Å². The highest BCUT2D eigenvalue weighted by atomic mass is 32.2. The van der Waals surface area contributed by atoms with Crippen molar-refractivity contribution in [3.8, 4) is 0 Å². The normalized spacial score (nSPS) is 23.7. The van der Waals surface area contributed by atoms with E-state index in [0.29, 0.717) is 32.2 Å². The monoisotopic (exact) mass is 540 g/mol. The number of nitrogens with one attached hydrogen (secondary N) is 2. The number of carbonyl (C=O) groups is 3. The van der Waals surface area contributed by atoms with Crippen molar-refractivity contribution in [3.63, 3.8) is 0 Å². The number of hydrogen-bond donors (Lipinski definition) is 3. The Kier molecular flexibility index (Phi) is 9.79. The zero-order valence-corrected chi connectivity index (χ0v) is 23.3. The maximum atomic E-state index is 13.8. The predicted molar refractivity (Wildman–Crippen MR) is 141 cm³/mol. The second-order valence-corrected chi connectivity index (χ2v) is 13.7. The van der Waals surface area contributed by atoms with E-state index in [9.17, 15) is 27.9 Å². The second-order valence-electron chi connectivity index (χ2n) is 11.7. The van der Waals surface area contributed by atoms with Gasteiger partial charge in [0.2, 0.25) is 21.8 Å². The summed E-state index contributed by atoms with van der Waals surface area (Å²) in [6.45, 7) is 11.6. The molecule has 0 aromatic heterocycles. The van der Waals surface area contributed by atoms with Crippen molar-refractivity contribution in [1.82, 2.24) is 19.8 Å². The van der Waals surface area contributed by atoms with Gasteiger partial charge >= 0.3 is 0 Å². The van der Waals surface area contributed by atoms with Gasteiger partial charge in [0.15, 0.2) is 0 Å². The van der Waals surface area contributed by atoms with E-state index in [-0.39, 0.29) is 18.7 Å². The molecule has 2 heterocycles. The summed E-state index contributed by atoms with van der Waals surface area (Å²) in [4.78, 5) is 43.3. The predicted octanol–water partition coefficient (Wildman–Crippen LogP) is 1.50. The van der Waals surface area contributed by atoms with Gasteiger partial charge in [0, 0.05) is 25.6 Å². The first-order chi connectivity index (χ1) is 17.3. The number of rotatable bonds is 11. The van der Waals surface area contributed by atoms with E-state index < -0.39 is 56.7 Å². The van der Waals surface area contributed by atoms with Crippen molar-refractivity contribution in [2.45, 2.75) is 102 Å². The van der Waals surface area contributed by atoms with Crippen molar-refractivity contribution in [2.24, 2.45) is 11.3 Å². The number of amides is 3. The lowest BCUT2D eigenvalue weighted by Crippen LogP contribution is -2.55. The van der Waals surface area contributed by atoms with Crippen LogP contribution >= 0.6 is 0 Å². The Balaban J connectivity index is 1.69. The van der Waals surface area contributed by atoms with Crippen LogP contribution in [0.3, 0.4) is 0 Å². The zero-order chi connectivity index (χ0) is 27.4. The van der Waals surface area contributed by atoms with Gasteiger partial charge in [-0.05, 0) is 56.8 Å². The largest absolute Gasteiger partial charge is 0.378 e. The van der Waals surface area contributed by atoms with E-state index in [1.165, 1.54) is 6.08 Å². The van der Waals surface area contributed by atoms with Gasteiger partial charge in [0.25, 0.3) is 5.91 Å². The molecule has 0 aromatic carbocycles. The lowest BCUT2D eigenvalue weighted by Gasteiger charge is -2.39. The third-order valence-corrected chi connectivity index (χ3v) is 9.52. The Morgan fingerprint density at radius 1 is 1.05 bits per heavy atom. The van der Waals surface area contributed by atoms with Gasteiger partial charge in [-0.15, -0.1) is 6.58 Å². The minimum atomic E-state index is -3.75. The van der Waals surface area contributed by atoms with E-state index in [0.717, 1.165) is 32.4 Å². The van der Waals surface area contributed by atoms with Gasteiger partial charge in [-0.25, -0.2) is 8.42 Å². The van der Waals surface area contributed by atoms with E-state index in [1.54, 1.807) is 4.90 Å². The number of piperidine rings is 1. The molecule has 0 radical (unpaired) electrons. The zero-order valence-electron chi connectivity index (χ0n) is 22.4. The number of aliphatic hydroxyl groups excluding tert-OH is 1. The Bertz CT molecular complexity index is 953. The minimum absolute atomic E-state index is 0.0606. The molecule has 0 spiro atoms. The molecule has 11 heteroatoms. The van der Waals surface area contributed by atoms with Gasteiger partial charge < -0.3 is 15.3 Å². The first kappa shape index (κ1) is 29.6. The van der Waals surface area contributed by atoms with Crippen LogP contribution in [0.2, 0.25) is 0 Å². The van der Waals surface area contributed by atoms with E-state index in [2.05, 4.69) is 16.6 Å². The molecule has 0 aromatic rings. The molecule has 1 aliphatic carbocycles. The Labute approximate surface area is 221 Å². The first-order valence-corrected chi connectivity index (χ1v) is 15.1. The summed E-state index contributed by atoms with van der Waals surface area (Å²) in [6, 6.07) is -1.86. The average molecular weight is 541 g/mol. The molecule has 3 N–H and O–H groups in total. The molecule has 10 nitrogen and oxygen atoms in total. The summed E-state index contributed by atoms with van der Waals surface area (Å²) in [5.74, 6) is -1.95. The Hall–Kier alpha value is -1.98. The molecule has 0 bridgehead atoms. The SMILES string of the molecule is C=CC[C@@H](NC(=O)[C@@H]1CCCN1C(=O)[C@@H](CC(O)N1CCCCC1)C(C)(C)C)C(=O)NS(=O)(=O)C1CC1. The number of likely N-dealkylation sites (tertiary alicyclic amines) is 2. The quantitative estimate of drug-likeness (QED) is 0.338. The van der Waals surface area contributed by atoms with Crippen LogP contribution in [0.25, 0.3) is 0 Å². The summed E-state index contributed by atoms with van der Waals surface area (Å²) >= 11 is 0. The molecule has 2 aliphatic heterocycles. The number of hydrogen-bond acceptors (Lipinski definition) is 7. The fraction of sp³-hybridized carbons (Fsp3) is 0.808. The van der Waals surface area contributed by atoms with E-state index in [4.69, 9.17) is 0 Å². The van der Waals surface area contributed by atoms with Crippen LogP contribution in [0, 0.1) is 11.3 Å². The van der Waals surface area contributed by atoms with E-state index in [1.807, 2.05) is 25.7 Å². The maximum Gasteiger partial charge on any atom is 0.256 e. The van der Waals surface area contributed by atoms with Gasteiger partial charge in [-0.2, -0.15) is 0 Å². The fourth-order valence-electron chi connectivity index (χ4n) is 5.24. The van der Waals surface area contributed by atoms with Crippen LogP contribution in [0.1, 0.15) is 78.6 Å². The van der Waals surface area contributed by atoms with Gasteiger partial charge in [-0.1, -0.05) is 33.3 Å². The summed E-state index contributed by atoms with van der Waals surface area (Å²) in [7, 11) is -3.75. The number of carbonyl (C=O) groups excluding carboxylic acids is 3. The van der Waals surface area contributed by atoms with E-state index >= 15 is 0 Å². The molecule has 3 rings (SSSR count). The summed E-state index contributed by atoms with van der Waals surface area (Å²) in [5, 5.41) is 13.0. The molecule has 37 heavy (non-hydrogen) atoms. The third-order valence-electron chi connectivity index (χ3n) is 7.68. The highest BCUT2D eigenvalue weighted by Gasteiger charge is 2.43. The van der Waals surface area contributed by atoms with Crippen molar-refractivity contribution >= 4 is 27.7 Å². The number of aliphatic hydroxyl groups is 1. The van der Waals surface area contributed by atoms with Gasteiger partial charge in [0.05, 0.1) is 5.25 Å². The lowest BCUT2D eigenvalue weighted by atomic mass is 9.77. The molecule has 3 aliphatic rings. The highest BCUT2D eigenvalue weighted by molar-refractivity contribution is 7.90. The number of sulfonamides is 1. The highest BCUT2D eigenvalue weighted by Crippen LogP contribution is 2.35. The topological polar surface area (TPSA) is 136 Å². The van der Waals surface area contributed by atoms with Crippen molar-refractivity contribution in [1.29, 1.82) is 0 Å². The third kappa shape index (κ3) is 7.77. The standard InChI is InChI=1S/C26H44N4O6S/c1-5-10-20(23(32)28-37(35,36)18-12-13-18)27-24(33)21-11-9-16-30(21)25(34)19(26(2,3)4)17-22(31)29-14-7-6-8-15-29/h5,18-22,31H,1,6-17H2,2-4H3,(H,27,33)(H,28,32)/t19-,20-,21+,22?/m1/s1. The van der Waals surface area contributed by atoms with Crippen LogP contribution in [-0.4, -0.2) is 84.2 Å². The molecule has 1 unspecified atom stereocenters. The molecule has 2 saturated heterocycles. The molecule has 4 atom stereocenters. The minimum Gasteiger partial charge on any atom is -0.378 e. The lowest BCUT2D eigenvalue weighted by molar-refractivity contribution is -0.147. The van der Waals surface area contributed by atoms with Crippen molar-refractivity contribution < 1.29 is 27.9 Å². The Morgan fingerprint density at radius 2 is 1.70 bits per heavy atom. The van der Waals surface area contributed by atoms with Crippen molar-refractivity contribution in [3.05, 3.63) is 12.7 Å². The van der Waals surface area contributed by atoms with Crippen LogP contribution < -0.4 is 10.0 Å². The van der Waals surface area contributed by atoms with Crippen LogP contribution in [-0.2, 0) is 24.4 Å². The van der Waals surface area contributed by atoms with Gasteiger partial charge in [-0.3, -0.25) is 24.0 Å². The number of nitrogens with zero attached hydrogens (tertiary/aromatic N) is 2. The van der Waals surface area contributed by atoms with Crippen LogP contribution in [0.15, 0.2) is 12.7 Å². The molecule has 210 valence electrons. The fourth-order valence-corrected chi connectivity index (χ4v) is 6.59. The van der Waals surface area contributed by atoms with Crippen LogP contribution in [0.4, 0.5) is 0 Å². The first-order valence-electron chi connectivity index (χ1n) is 13.5. The second kappa shape index (κ2) is 12.3. The van der Waals surface area contributed by atoms with Crippen LogP contribution in [0.5, 0.6) is 0 Å². The molecule has 1 saturated carbocycles. The average Bonchev–Trinajstić information content (AvgIpc) is 3.59. The molecule has 3 amide bonds. The molecule has 3 fully saturated rings. The van der Waals surface area contributed by atoms with Crippen molar-refractivity contribution in [2.75, 3.05) is 19.6 Å². The molecular weight excluding hydrogens is 496 g/mol.